The van der Waals surface area contributed by atoms with Crippen molar-refractivity contribution < 1.29 is 9.53 Å². The summed E-state index contributed by atoms with van der Waals surface area (Å²) >= 11 is 1.32. The Labute approximate surface area is 158 Å². The van der Waals surface area contributed by atoms with E-state index < -0.39 is 17.7 Å². The van der Waals surface area contributed by atoms with E-state index in [0.717, 1.165) is 11.3 Å². The van der Waals surface area contributed by atoms with Crippen LogP contribution in [0.15, 0.2) is 52.4 Å². The lowest BCUT2D eigenvalue weighted by molar-refractivity contribution is -0.132. The van der Waals surface area contributed by atoms with Gasteiger partial charge in [-0.2, -0.15) is 0 Å². The van der Waals surface area contributed by atoms with E-state index >= 15 is 0 Å². The summed E-state index contributed by atoms with van der Waals surface area (Å²) in [5.74, 6) is 0.0786. The van der Waals surface area contributed by atoms with Gasteiger partial charge in [-0.15, -0.1) is 0 Å². The predicted molar refractivity (Wildman–Crippen MR) is 102 cm³/mol. The topological polar surface area (TPSA) is 76.4 Å². The van der Waals surface area contributed by atoms with E-state index in [1.807, 2.05) is 55.6 Å². The van der Waals surface area contributed by atoms with Gasteiger partial charge in [0.1, 0.15) is 17.5 Å². The third-order valence-electron chi connectivity index (χ3n) is 5.23. The molecule has 0 saturated heterocycles. The van der Waals surface area contributed by atoms with Gasteiger partial charge in [-0.05, 0) is 38.1 Å². The number of aromatic amines is 1. The van der Waals surface area contributed by atoms with Gasteiger partial charge in [-0.1, -0.05) is 29.5 Å². The number of thiazole rings is 1. The molecule has 5 rings (SSSR count). The Morgan fingerprint density at radius 2 is 2.15 bits per heavy atom. The van der Waals surface area contributed by atoms with Crippen molar-refractivity contribution in [3.05, 3.63) is 73.5 Å². The number of ketones is 1. The number of nitrogens with one attached hydrogen (secondary N) is 1. The number of carbonyl (C=O) groups excluding carboxylic acids is 1. The normalized spacial score (nSPS) is 25.9. The molecule has 4 heterocycles. The molecule has 3 atom stereocenters. The monoisotopic (exact) mass is 379 g/mol. The van der Waals surface area contributed by atoms with Crippen molar-refractivity contribution in [2.45, 2.75) is 25.6 Å². The molecule has 3 aromatic rings. The van der Waals surface area contributed by atoms with Crippen molar-refractivity contribution in [1.82, 2.24) is 9.55 Å². The largest absolute Gasteiger partial charge is 0.465 e. The molecule has 2 aromatic heterocycles. The van der Waals surface area contributed by atoms with Crippen molar-refractivity contribution in [2.24, 2.45) is 10.9 Å². The number of hydrogen-bond donors (Lipinski definition) is 1. The van der Waals surface area contributed by atoms with Gasteiger partial charge in [0, 0.05) is 17.5 Å². The Morgan fingerprint density at radius 1 is 1.33 bits per heavy atom. The molecule has 2 aliphatic rings. The molecular weight excluding hydrogens is 362 g/mol. The van der Waals surface area contributed by atoms with E-state index in [1.54, 1.807) is 4.57 Å². The summed E-state index contributed by atoms with van der Waals surface area (Å²) in [6, 6.07) is 10.9. The number of benzene rings is 1. The fourth-order valence-corrected chi connectivity index (χ4v) is 5.22. The number of fused-ring (bicyclic) bond motifs is 6. The highest BCUT2D eigenvalue weighted by atomic mass is 32.1. The lowest BCUT2D eigenvalue weighted by atomic mass is 9.79. The summed E-state index contributed by atoms with van der Waals surface area (Å²) in [4.78, 5) is 34.2. The molecule has 0 aliphatic carbocycles. The van der Waals surface area contributed by atoms with Gasteiger partial charge in [-0.3, -0.25) is 14.2 Å². The van der Waals surface area contributed by atoms with Crippen LogP contribution in [-0.4, -0.2) is 21.1 Å². The molecule has 0 amide bonds. The van der Waals surface area contributed by atoms with Gasteiger partial charge in [0.05, 0.1) is 10.6 Å². The number of H-pyrrole nitrogens is 1. The van der Waals surface area contributed by atoms with E-state index in [1.165, 1.54) is 18.3 Å². The Kier molecular flexibility index (Phi) is 3.33. The highest BCUT2D eigenvalue weighted by molar-refractivity contribution is 7.07. The molecule has 136 valence electrons. The minimum atomic E-state index is -1.02. The van der Waals surface area contributed by atoms with Crippen molar-refractivity contribution in [3.63, 3.8) is 0 Å². The van der Waals surface area contributed by atoms with Crippen LogP contribution in [0.3, 0.4) is 0 Å². The molecule has 7 heteroatoms. The maximum absolute atomic E-state index is 13.2. The second-order valence-electron chi connectivity index (χ2n) is 7.03. The van der Waals surface area contributed by atoms with Gasteiger partial charge in [0.25, 0.3) is 5.56 Å². The van der Waals surface area contributed by atoms with Gasteiger partial charge in [0.15, 0.2) is 4.80 Å². The Bertz CT molecular complexity index is 1240. The zero-order valence-corrected chi connectivity index (χ0v) is 15.6. The van der Waals surface area contributed by atoms with E-state index in [2.05, 4.69) is 4.98 Å². The molecule has 6 nitrogen and oxygen atoms in total. The first-order chi connectivity index (χ1) is 13.0. The molecule has 1 N–H and O–H groups in total. The lowest BCUT2D eigenvalue weighted by Crippen LogP contribution is -2.58. The van der Waals surface area contributed by atoms with Crippen LogP contribution in [0, 0.1) is 5.92 Å². The maximum Gasteiger partial charge on any atom is 0.270 e. The summed E-state index contributed by atoms with van der Waals surface area (Å²) in [6.45, 7) is 3.36. The first kappa shape index (κ1) is 16.3. The van der Waals surface area contributed by atoms with Gasteiger partial charge in [-0.25, -0.2) is 4.99 Å². The van der Waals surface area contributed by atoms with Gasteiger partial charge < -0.3 is 9.72 Å². The summed E-state index contributed by atoms with van der Waals surface area (Å²) in [7, 11) is 0. The van der Waals surface area contributed by atoms with Crippen LogP contribution in [0.2, 0.25) is 0 Å². The summed E-state index contributed by atoms with van der Waals surface area (Å²) < 4.78 is 8.40. The van der Waals surface area contributed by atoms with Gasteiger partial charge >= 0.3 is 0 Å². The van der Waals surface area contributed by atoms with E-state index in [4.69, 9.17) is 9.73 Å². The second kappa shape index (κ2) is 5.53. The third-order valence-corrected chi connectivity index (χ3v) is 6.21. The standard InChI is InChI=1S/C20H17N3O3S/c1-11(24)16-17-13-7-3-4-8-14(13)26-20(16,2)22-19-23(17)18(25)15(27-19)10-12-6-5-9-21-12/h3-10,16-17,21H,1-2H3/b15-10-/t16-,17-,20-/m0/s1. The smallest absolute Gasteiger partial charge is 0.270 e. The number of nitrogens with zero attached hydrogens (tertiary/aromatic N) is 2. The number of Topliss-reactive ketones (excluding diaryl/α,β-unsaturated/α-hetero) is 1. The van der Waals surface area contributed by atoms with Crippen molar-refractivity contribution in [2.75, 3.05) is 0 Å². The highest BCUT2D eigenvalue weighted by Gasteiger charge is 2.53. The number of para-hydroxylation sites is 1. The molecular formula is C20H17N3O3S. The number of rotatable bonds is 2. The molecule has 27 heavy (non-hydrogen) atoms. The molecule has 0 spiro atoms. The van der Waals surface area contributed by atoms with Crippen LogP contribution in [-0.2, 0) is 4.79 Å². The van der Waals surface area contributed by atoms with Crippen LogP contribution >= 0.6 is 11.3 Å². The molecule has 1 aromatic carbocycles. The van der Waals surface area contributed by atoms with E-state index in [-0.39, 0.29) is 11.3 Å². The first-order valence-corrected chi connectivity index (χ1v) is 9.54. The first-order valence-electron chi connectivity index (χ1n) is 8.73. The predicted octanol–water partition coefficient (Wildman–Crippen LogP) is 1.60. The molecule has 2 bridgehead atoms. The second-order valence-corrected chi connectivity index (χ2v) is 8.04. The van der Waals surface area contributed by atoms with E-state index in [9.17, 15) is 9.59 Å². The van der Waals surface area contributed by atoms with Crippen LogP contribution < -0.4 is 19.6 Å². The molecule has 0 saturated carbocycles. The van der Waals surface area contributed by atoms with Crippen LogP contribution in [0.4, 0.5) is 0 Å². The zero-order chi connectivity index (χ0) is 18.8. The van der Waals surface area contributed by atoms with Crippen LogP contribution in [0.1, 0.15) is 31.1 Å². The molecule has 2 aliphatic heterocycles. The summed E-state index contributed by atoms with van der Waals surface area (Å²) in [5, 5.41) is 0. The maximum atomic E-state index is 13.2. The van der Waals surface area contributed by atoms with E-state index in [0.29, 0.717) is 15.1 Å². The fraction of sp³-hybridized carbons (Fsp3) is 0.250. The minimum Gasteiger partial charge on any atom is -0.465 e. The Morgan fingerprint density at radius 3 is 2.89 bits per heavy atom. The Balaban J connectivity index is 1.85. The SMILES string of the molecule is CC(=O)[C@H]1[C@@H]2c3ccccc3O[C@]1(C)N=c1s/c(=C\c3ccc[nH]3)c(=O)n12. The number of hydrogen-bond acceptors (Lipinski definition) is 5. The number of ether oxygens (including phenoxy) is 1. The number of carbonyl (C=O) groups is 1. The summed E-state index contributed by atoms with van der Waals surface area (Å²) in [6.07, 6.45) is 3.63. The molecule has 0 unspecified atom stereocenters. The quantitative estimate of drug-likeness (QED) is 0.735. The zero-order valence-electron chi connectivity index (χ0n) is 14.8. The minimum absolute atomic E-state index is 0.0422. The Hall–Kier alpha value is -2.93. The van der Waals surface area contributed by atoms with Crippen LogP contribution in [0.25, 0.3) is 6.08 Å². The molecule has 0 radical (unpaired) electrons. The fourth-order valence-electron chi connectivity index (χ4n) is 4.13. The average molecular weight is 379 g/mol. The van der Waals surface area contributed by atoms with Crippen LogP contribution in [0.5, 0.6) is 5.75 Å². The molecule has 0 fully saturated rings. The van der Waals surface area contributed by atoms with Crippen molar-refractivity contribution in [3.8, 4) is 5.75 Å². The highest BCUT2D eigenvalue weighted by Crippen LogP contribution is 2.47. The van der Waals surface area contributed by atoms with Gasteiger partial charge in [0.2, 0.25) is 5.72 Å². The third kappa shape index (κ3) is 2.28. The van der Waals surface area contributed by atoms with Crippen molar-refractivity contribution in [1.29, 1.82) is 0 Å². The average Bonchev–Trinajstić information content (AvgIpc) is 3.22. The van der Waals surface area contributed by atoms with Crippen molar-refractivity contribution >= 4 is 23.2 Å². The summed E-state index contributed by atoms with van der Waals surface area (Å²) in [5.41, 5.74) is 0.535. The number of aromatic nitrogens is 2. The lowest BCUT2D eigenvalue weighted by Gasteiger charge is -2.45.